The Kier molecular flexibility index (Phi) is 7.18. The highest BCUT2D eigenvalue weighted by Gasteiger charge is 2.18. The first-order valence-electron chi connectivity index (χ1n) is 10.2. The maximum atomic E-state index is 12.9. The van der Waals surface area contributed by atoms with Crippen LogP contribution >= 0.6 is 35.2 Å². The third kappa shape index (κ3) is 5.92. The molecule has 1 aromatic heterocycles. The predicted octanol–water partition coefficient (Wildman–Crippen LogP) is 6.69. The van der Waals surface area contributed by atoms with Crippen LogP contribution in [0.1, 0.15) is 11.1 Å². The Morgan fingerprint density at radius 2 is 1.65 bits per heavy atom. The van der Waals surface area contributed by atoms with Gasteiger partial charge in [-0.25, -0.2) is 13.4 Å². The lowest BCUT2D eigenvalue weighted by Gasteiger charge is -2.12. The van der Waals surface area contributed by atoms with Crippen molar-refractivity contribution < 1.29 is 8.42 Å². The zero-order valence-corrected chi connectivity index (χ0v) is 21.5. The summed E-state index contributed by atoms with van der Waals surface area (Å²) >= 11 is 12.7. The maximum Gasteiger partial charge on any atom is 0.261 e. The molecule has 10 heteroatoms. The number of sulfonamides is 1. The van der Waals surface area contributed by atoms with Gasteiger partial charge in [-0.2, -0.15) is 0 Å². The lowest BCUT2D eigenvalue weighted by molar-refractivity contribution is 0.601. The smallest absolute Gasteiger partial charge is 0.261 e. The van der Waals surface area contributed by atoms with Gasteiger partial charge in [-0.3, -0.25) is 4.72 Å². The van der Waals surface area contributed by atoms with Crippen molar-refractivity contribution in [3.8, 4) is 11.3 Å². The number of para-hydroxylation sites is 1. The molecule has 3 N–H and O–H groups in total. The molecule has 0 unspecified atom stereocenters. The fraction of sp³-hybridized carbons (Fsp3) is 0.0833. The number of thiocarbonyl (C=S) groups is 1. The van der Waals surface area contributed by atoms with Crippen LogP contribution < -0.4 is 15.4 Å². The molecule has 0 aliphatic heterocycles. The number of rotatable bonds is 6. The third-order valence-corrected chi connectivity index (χ3v) is 7.37. The van der Waals surface area contributed by atoms with Crippen molar-refractivity contribution in [3.05, 3.63) is 88.3 Å². The fourth-order valence-electron chi connectivity index (χ4n) is 3.37. The van der Waals surface area contributed by atoms with E-state index in [1.54, 1.807) is 12.1 Å². The van der Waals surface area contributed by atoms with Crippen molar-refractivity contribution in [2.45, 2.75) is 18.7 Å². The van der Waals surface area contributed by atoms with E-state index in [9.17, 15) is 8.42 Å². The van der Waals surface area contributed by atoms with Crippen molar-refractivity contribution in [1.29, 1.82) is 0 Å². The van der Waals surface area contributed by atoms with Gasteiger partial charge in [0.15, 0.2) is 10.2 Å². The van der Waals surface area contributed by atoms with E-state index in [4.69, 9.17) is 23.8 Å². The summed E-state index contributed by atoms with van der Waals surface area (Å²) in [5.41, 5.74) is 4.87. The van der Waals surface area contributed by atoms with E-state index in [0.29, 0.717) is 32.2 Å². The molecule has 0 aliphatic rings. The molecule has 34 heavy (non-hydrogen) atoms. The van der Waals surface area contributed by atoms with Gasteiger partial charge >= 0.3 is 0 Å². The van der Waals surface area contributed by atoms with Crippen molar-refractivity contribution in [1.82, 2.24) is 4.98 Å². The van der Waals surface area contributed by atoms with Gasteiger partial charge in [-0.05, 0) is 79.7 Å². The van der Waals surface area contributed by atoms with Crippen LogP contribution in [0.4, 0.5) is 16.5 Å². The average molecular weight is 529 g/mol. The Morgan fingerprint density at radius 3 is 2.35 bits per heavy atom. The first kappa shape index (κ1) is 24.2. The molecular weight excluding hydrogens is 508 g/mol. The Hall–Kier alpha value is -2.98. The number of benzene rings is 3. The largest absolute Gasteiger partial charge is 0.332 e. The molecule has 4 aromatic rings. The molecule has 174 valence electrons. The molecule has 4 rings (SSSR count). The van der Waals surface area contributed by atoms with Gasteiger partial charge < -0.3 is 10.6 Å². The molecule has 0 radical (unpaired) electrons. The Morgan fingerprint density at radius 1 is 0.971 bits per heavy atom. The normalized spacial score (nSPS) is 11.1. The number of anilines is 3. The second-order valence-electron chi connectivity index (χ2n) is 7.60. The second kappa shape index (κ2) is 10.1. The van der Waals surface area contributed by atoms with E-state index in [1.165, 1.54) is 35.6 Å². The van der Waals surface area contributed by atoms with Gasteiger partial charge in [0.05, 0.1) is 16.3 Å². The van der Waals surface area contributed by atoms with Crippen LogP contribution in [0.15, 0.2) is 77.0 Å². The molecule has 0 spiro atoms. The van der Waals surface area contributed by atoms with Gasteiger partial charge in [0.1, 0.15) is 0 Å². The zero-order valence-electron chi connectivity index (χ0n) is 18.3. The first-order valence-corrected chi connectivity index (χ1v) is 13.3. The van der Waals surface area contributed by atoms with Gasteiger partial charge in [0.2, 0.25) is 0 Å². The van der Waals surface area contributed by atoms with Crippen LogP contribution in [-0.4, -0.2) is 18.5 Å². The molecule has 0 atom stereocenters. The van der Waals surface area contributed by atoms with E-state index in [0.717, 1.165) is 16.8 Å². The topological polar surface area (TPSA) is 83.1 Å². The van der Waals surface area contributed by atoms with Crippen LogP contribution in [0, 0.1) is 13.8 Å². The summed E-state index contributed by atoms with van der Waals surface area (Å²) in [6.45, 7) is 4.06. The quantitative estimate of drug-likeness (QED) is 0.242. The number of halogens is 1. The number of aromatic nitrogens is 1. The van der Waals surface area contributed by atoms with Crippen LogP contribution in [0.2, 0.25) is 5.02 Å². The van der Waals surface area contributed by atoms with E-state index >= 15 is 0 Å². The number of hydrogen-bond acceptors (Lipinski definition) is 5. The molecule has 0 amide bonds. The number of nitrogens with zero attached hydrogens (tertiary/aromatic N) is 1. The third-order valence-electron chi connectivity index (χ3n) is 4.78. The minimum atomic E-state index is -3.79. The van der Waals surface area contributed by atoms with Crippen molar-refractivity contribution >= 4 is 66.8 Å². The highest BCUT2D eigenvalue weighted by Crippen LogP contribution is 2.32. The predicted molar refractivity (Wildman–Crippen MR) is 146 cm³/mol. The molecule has 0 aliphatic carbocycles. The van der Waals surface area contributed by atoms with Crippen molar-refractivity contribution in [2.75, 3.05) is 15.4 Å². The van der Waals surface area contributed by atoms with Gasteiger partial charge in [0, 0.05) is 21.7 Å². The minimum absolute atomic E-state index is 0.121. The van der Waals surface area contributed by atoms with Crippen molar-refractivity contribution in [2.24, 2.45) is 0 Å². The van der Waals surface area contributed by atoms with Crippen LogP contribution in [-0.2, 0) is 10.0 Å². The summed E-state index contributed by atoms with van der Waals surface area (Å²) in [5, 5.41) is 9.58. The molecule has 3 aromatic carbocycles. The van der Waals surface area contributed by atoms with Gasteiger partial charge in [-0.15, -0.1) is 11.3 Å². The van der Waals surface area contributed by atoms with E-state index < -0.39 is 10.0 Å². The summed E-state index contributed by atoms with van der Waals surface area (Å²) in [6, 6.07) is 19.2. The average Bonchev–Trinajstić information content (AvgIpc) is 3.21. The highest BCUT2D eigenvalue weighted by atomic mass is 35.5. The van der Waals surface area contributed by atoms with Gasteiger partial charge in [-0.1, -0.05) is 35.9 Å². The highest BCUT2D eigenvalue weighted by molar-refractivity contribution is 7.92. The molecule has 6 nitrogen and oxygen atoms in total. The first-order chi connectivity index (χ1) is 16.2. The Balaban J connectivity index is 1.51. The summed E-state index contributed by atoms with van der Waals surface area (Å²) in [5.74, 6) is 0. The van der Waals surface area contributed by atoms with Crippen LogP contribution in [0.5, 0.6) is 0 Å². The fourth-order valence-corrected chi connectivity index (χ4v) is 5.57. The standard InChI is InChI=1S/C24H21ClN4O2S3/c1-15-11-16(2)13-18(12-15)26-23(32)28-24-27-22(14-33-24)20-5-3-4-6-21(20)29-34(30,31)19-9-7-17(25)8-10-19/h3-14,29H,1-2H3,(H2,26,27,28,32). The number of nitrogens with one attached hydrogen (secondary N) is 3. The number of hydrogen-bond donors (Lipinski definition) is 3. The van der Waals surface area contributed by atoms with Crippen molar-refractivity contribution in [3.63, 3.8) is 0 Å². The van der Waals surface area contributed by atoms with Crippen LogP contribution in [0.25, 0.3) is 11.3 Å². The van der Waals surface area contributed by atoms with Gasteiger partial charge in [0.25, 0.3) is 10.0 Å². The summed E-state index contributed by atoms with van der Waals surface area (Å²) in [7, 11) is -3.79. The lowest BCUT2D eigenvalue weighted by atomic mass is 10.1. The summed E-state index contributed by atoms with van der Waals surface area (Å²) in [6.07, 6.45) is 0. The summed E-state index contributed by atoms with van der Waals surface area (Å²) < 4.78 is 28.4. The Labute approximate surface area is 213 Å². The van der Waals surface area contributed by atoms with Crippen LogP contribution in [0.3, 0.4) is 0 Å². The molecule has 1 heterocycles. The maximum absolute atomic E-state index is 12.9. The monoisotopic (exact) mass is 528 g/mol. The zero-order chi connectivity index (χ0) is 24.3. The van der Waals surface area contributed by atoms with E-state index in [-0.39, 0.29) is 4.90 Å². The minimum Gasteiger partial charge on any atom is -0.332 e. The molecule has 0 fully saturated rings. The second-order valence-corrected chi connectivity index (χ2v) is 11.0. The molecule has 0 saturated carbocycles. The number of aryl methyl sites for hydroxylation is 2. The molecule has 0 saturated heterocycles. The number of thiazole rings is 1. The SMILES string of the molecule is Cc1cc(C)cc(NC(=S)Nc2nc(-c3ccccc3NS(=O)(=O)c3ccc(Cl)cc3)cs2)c1. The van der Waals surface area contributed by atoms with E-state index in [2.05, 4.69) is 26.4 Å². The Bertz CT molecular complexity index is 1430. The summed E-state index contributed by atoms with van der Waals surface area (Å²) in [4.78, 5) is 4.72. The lowest BCUT2D eigenvalue weighted by Crippen LogP contribution is -2.19. The van der Waals surface area contributed by atoms with E-state index in [1.807, 2.05) is 43.5 Å². The molecule has 0 bridgehead atoms. The molecular formula is C24H21ClN4O2S3.